The minimum Gasteiger partial charge on any atom is -0.350 e. The van der Waals surface area contributed by atoms with Gasteiger partial charge in [-0.05, 0) is 37.7 Å². The molecule has 3 heterocycles. The van der Waals surface area contributed by atoms with Gasteiger partial charge in [0, 0.05) is 67.7 Å². The van der Waals surface area contributed by atoms with Crippen LogP contribution in [0, 0.1) is 6.92 Å². The Morgan fingerprint density at radius 1 is 1.21 bits per heavy atom. The molecule has 0 aliphatic carbocycles. The monoisotopic (exact) mass is 408 g/mol. The van der Waals surface area contributed by atoms with Crippen LogP contribution in [0.25, 0.3) is 16.5 Å². The Morgan fingerprint density at radius 3 is 2.72 bits per heavy atom. The van der Waals surface area contributed by atoms with E-state index in [-0.39, 0.29) is 5.56 Å². The standard InChI is InChI=1S/C23H28N4OS/c1-16-18(22(28)26(3)23(24-16)29-4)11-14-27-12-9-17(10-13-27)20-15-25(2)21-8-6-5-7-19(20)21/h5-9,15H,10-14H2,1-4H3. The van der Waals surface area contributed by atoms with E-state index in [1.807, 2.05) is 20.2 Å². The van der Waals surface area contributed by atoms with E-state index in [1.54, 1.807) is 4.57 Å². The van der Waals surface area contributed by atoms with Gasteiger partial charge < -0.3 is 4.57 Å². The van der Waals surface area contributed by atoms with Crippen LogP contribution in [0.2, 0.25) is 0 Å². The normalized spacial score (nSPS) is 15.1. The predicted molar refractivity (Wildman–Crippen MR) is 122 cm³/mol. The topological polar surface area (TPSA) is 43.1 Å². The number of aromatic nitrogens is 3. The minimum atomic E-state index is 0.0887. The van der Waals surface area contributed by atoms with Crippen LogP contribution in [-0.2, 0) is 20.5 Å². The average molecular weight is 409 g/mol. The van der Waals surface area contributed by atoms with E-state index < -0.39 is 0 Å². The average Bonchev–Trinajstić information content (AvgIpc) is 3.08. The number of fused-ring (bicyclic) bond motifs is 1. The van der Waals surface area contributed by atoms with Crippen molar-refractivity contribution in [3.63, 3.8) is 0 Å². The van der Waals surface area contributed by atoms with Gasteiger partial charge in [-0.15, -0.1) is 0 Å². The highest BCUT2D eigenvalue weighted by atomic mass is 32.2. The second-order valence-electron chi connectivity index (χ2n) is 7.73. The molecule has 1 aliphatic rings. The molecule has 0 atom stereocenters. The molecule has 0 amide bonds. The van der Waals surface area contributed by atoms with E-state index in [0.29, 0.717) is 0 Å². The minimum absolute atomic E-state index is 0.0887. The highest BCUT2D eigenvalue weighted by molar-refractivity contribution is 7.98. The van der Waals surface area contributed by atoms with Crippen molar-refractivity contribution in [3.8, 4) is 0 Å². The van der Waals surface area contributed by atoms with Crippen LogP contribution in [-0.4, -0.2) is 44.9 Å². The summed E-state index contributed by atoms with van der Waals surface area (Å²) in [7, 11) is 3.92. The third-order valence-corrected chi connectivity index (χ3v) is 6.68. The van der Waals surface area contributed by atoms with Gasteiger partial charge in [-0.3, -0.25) is 14.3 Å². The van der Waals surface area contributed by atoms with E-state index in [9.17, 15) is 4.79 Å². The van der Waals surface area contributed by atoms with Gasteiger partial charge in [-0.1, -0.05) is 36.0 Å². The molecule has 0 saturated carbocycles. The summed E-state index contributed by atoms with van der Waals surface area (Å²) in [6.07, 6.45) is 8.34. The van der Waals surface area contributed by atoms with Gasteiger partial charge in [0.15, 0.2) is 5.16 Å². The van der Waals surface area contributed by atoms with Crippen molar-refractivity contribution in [3.05, 3.63) is 63.7 Å². The van der Waals surface area contributed by atoms with Crippen molar-refractivity contribution < 1.29 is 0 Å². The maximum Gasteiger partial charge on any atom is 0.257 e. The molecule has 4 rings (SSSR count). The number of para-hydroxylation sites is 1. The van der Waals surface area contributed by atoms with Crippen molar-refractivity contribution in [2.75, 3.05) is 25.9 Å². The first kappa shape index (κ1) is 20.0. The van der Waals surface area contributed by atoms with Crippen LogP contribution in [0.5, 0.6) is 0 Å². The summed E-state index contributed by atoms with van der Waals surface area (Å²) in [5.74, 6) is 0. The molecule has 2 aromatic heterocycles. The summed E-state index contributed by atoms with van der Waals surface area (Å²) >= 11 is 1.51. The fourth-order valence-corrected chi connectivity index (χ4v) is 4.81. The van der Waals surface area contributed by atoms with Crippen LogP contribution in [0.1, 0.15) is 23.2 Å². The van der Waals surface area contributed by atoms with Gasteiger partial charge in [-0.2, -0.15) is 0 Å². The van der Waals surface area contributed by atoms with E-state index in [1.165, 1.54) is 33.8 Å². The number of benzene rings is 1. The summed E-state index contributed by atoms with van der Waals surface area (Å²) in [6, 6.07) is 8.59. The molecule has 0 unspecified atom stereocenters. The molecule has 0 bridgehead atoms. The molecule has 5 nitrogen and oxygen atoms in total. The molecule has 3 aromatic rings. The van der Waals surface area contributed by atoms with Crippen molar-refractivity contribution >= 4 is 28.2 Å². The molecule has 0 spiro atoms. The highest BCUT2D eigenvalue weighted by Crippen LogP contribution is 2.30. The SMILES string of the molecule is CSc1nc(C)c(CCN2CC=C(c3cn(C)c4ccccc34)CC2)c(=O)n1C. The van der Waals surface area contributed by atoms with Crippen LogP contribution in [0.4, 0.5) is 0 Å². The van der Waals surface area contributed by atoms with E-state index >= 15 is 0 Å². The summed E-state index contributed by atoms with van der Waals surface area (Å²) in [5, 5.41) is 2.10. The summed E-state index contributed by atoms with van der Waals surface area (Å²) in [6.45, 7) is 4.78. The van der Waals surface area contributed by atoms with Crippen LogP contribution in [0.15, 0.2) is 46.5 Å². The molecular weight excluding hydrogens is 380 g/mol. The van der Waals surface area contributed by atoms with Crippen molar-refractivity contribution in [1.29, 1.82) is 0 Å². The second-order valence-corrected chi connectivity index (χ2v) is 8.50. The lowest BCUT2D eigenvalue weighted by Crippen LogP contribution is -2.33. The molecule has 152 valence electrons. The molecule has 29 heavy (non-hydrogen) atoms. The number of hydrogen-bond acceptors (Lipinski definition) is 4. The molecule has 1 aliphatic heterocycles. The quantitative estimate of drug-likeness (QED) is 0.478. The Balaban J connectivity index is 1.47. The van der Waals surface area contributed by atoms with Crippen molar-refractivity contribution in [2.45, 2.75) is 24.9 Å². The fourth-order valence-electron chi connectivity index (χ4n) is 4.23. The van der Waals surface area contributed by atoms with Crippen molar-refractivity contribution in [2.24, 2.45) is 14.1 Å². The van der Waals surface area contributed by atoms with Gasteiger partial charge in [0.1, 0.15) is 0 Å². The Bertz CT molecular complexity index is 1140. The number of thioether (sulfide) groups is 1. The second kappa shape index (κ2) is 8.20. The van der Waals surface area contributed by atoms with Gasteiger partial charge in [0.05, 0.1) is 0 Å². The predicted octanol–water partition coefficient (Wildman–Crippen LogP) is 3.63. The lowest BCUT2D eigenvalue weighted by atomic mass is 9.98. The largest absolute Gasteiger partial charge is 0.350 e. The molecule has 6 heteroatoms. The summed E-state index contributed by atoms with van der Waals surface area (Å²) in [5.41, 5.74) is 5.85. The molecule has 0 saturated heterocycles. The van der Waals surface area contributed by atoms with E-state index in [0.717, 1.165) is 48.9 Å². The zero-order valence-corrected chi connectivity index (χ0v) is 18.4. The highest BCUT2D eigenvalue weighted by Gasteiger charge is 2.18. The maximum atomic E-state index is 12.7. The van der Waals surface area contributed by atoms with Crippen molar-refractivity contribution in [1.82, 2.24) is 19.0 Å². The number of rotatable bonds is 5. The summed E-state index contributed by atoms with van der Waals surface area (Å²) in [4.78, 5) is 19.7. The molecular formula is C23H28N4OS. The Hall–Kier alpha value is -2.31. The van der Waals surface area contributed by atoms with Crippen LogP contribution in [0.3, 0.4) is 0 Å². The Morgan fingerprint density at radius 2 is 2.00 bits per heavy atom. The zero-order valence-electron chi connectivity index (χ0n) is 17.6. The first-order valence-corrected chi connectivity index (χ1v) is 11.3. The Labute approximate surface area is 176 Å². The van der Waals surface area contributed by atoms with Crippen LogP contribution >= 0.6 is 11.8 Å². The number of nitrogens with zero attached hydrogens (tertiary/aromatic N) is 4. The Kier molecular flexibility index (Phi) is 5.65. The van der Waals surface area contributed by atoms with Gasteiger partial charge >= 0.3 is 0 Å². The smallest absolute Gasteiger partial charge is 0.257 e. The lowest BCUT2D eigenvalue weighted by Gasteiger charge is -2.26. The van der Waals surface area contributed by atoms with Gasteiger partial charge in [0.25, 0.3) is 5.56 Å². The molecule has 0 fully saturated rings. The van der Waals surface area contributed by atoms with Gasteiger partial charge in [0.2, 0.25) is 0 Å². The maximum absolute atomic E-state index is 12.7. The third kappa shape index (κ3) is 3.79. The molecule has 0 N–H and O–H groups in total. The molecule has 1 aromatic carbocycles. The summed E-state index contributed by atoms with van der Waals surface area (Å²) < 4.78 is 3.88. The van der Waals surface area contributed by atoms with E-state index in [2.05, 4.69) is 58.0 Å². The lowest BCUT2D eigenvalue weighted by molar-refractivity contribution is 0.305. The van der Waals surface area contributed by atoms with Gasteiger partial charge in [-0.25, -0.2) is 4.98 Å². The van der Waals surface area contributed by atoms with E-state index in [4.69, 9.17) is 0 Å². The fraction of sp³-hybridized carbons (Fsp3) is 0.391. The first-order chi connectivity index (χ1) is 14.0. The molecule has 0 radical (unpaired) electrons. The number of hydrogen-bond donors (Lipinski definition) is 0. The zero-order chi connectivity index (χ0) is 20.5. The third-order valence-electron chi connectivity index (χ3n) is 5.95. The van der Waals surface area contributed by atoms with Crippen LogP contribution < -0.4 is 5.56 Å². The number of aryl methyl sites for hydroxylation is 2. The first-order valence-electron chi connectivity index (χ1n) is 10.1.